The van der Waals surface area contributed by atoms with Gasteiger partial charge in [-0.3, -0.25) is 4.79 Å². The van der Waals surface area contributed by atoms with Crippen molar-refractivity contribution in [1.82, 2.24) is 0 Å². The maximum Gasteiger partial charge on any atom is 0.346 e. The highest BCUT2D eigenvalue weighted by atomic mass is 16.4. The quantitative estimate of drug-likeness (QED) is 0.528. The molecule has 25 heavy (non-hydrogen) atoms. The van der Waals surface area contributed by atoms with Gasteiger partial charge in [-0.25, -0.2) is 4.79 Å². The number of hydrogen-bond acceptors (Lipinski definition) is 5. The van der Waals surface area contributed by atoms with Gasteiger partial charge >= 0.3 is 5.63 Å². The van der Waals surface area contributed by atoms with E-state index in [0.717, 1.165) is 17.8 Å². The molecule has 1 aromatic heterocycles. The minimum Gasteiger partial charge on any atom is -0.422 e. The molecule has 5 heteroatoms. The monoisotopic (exact) mass is 332 g/mol. The van der Waals surface area contributed by atoms with Gasteiger partial charge < -0.3 is 9.32 Å². The van der Waals surface area contributed by atoms with E-state index in [-0.39, 0.29) is 5.56 Å². The fourth-order valence-electron chi connectivity index (χ4n) is 2.77. The lowest BCUT2D eigenvalue weighted by molar-refractivity contribution is 0.112. The van der Waals surface area contributed by atoms with Gasteiger partial charge in [-0.05, 0) is 24.6 Å². The summed E-state index contributed by atoms with van der Waals surface area (Å²) >= 11 is 0. The molecular formula is C20H16N2O3. The number of anilines is 1. The first-order valence-corrected chi connectivity index (χ1v) is 7.92. The summed E-state index contributed by atoms with van der Waals surface area (Å²) in [5.41, 5.74) is 1.81. The molecule has 2 aromatic carbocycles. The van der Waals surface area contributed by atoms with Crippen molar-refractivity contribution < 1.29 is 9.21 Å². The second kappa shape index (κ2) is 7.02. The van der Waals surface area contributed by atoms with Crippen LogP contribution in [0.1, 0.15) is 28.4 Å². The average molecular weight is 332 g/mol. The first-order valence-electron chi connectivity index (χ1n) is 7.92. The summed E-state index contributed by atoms with van der Waals surface area (Å²) in [6, 6.07) is 17.0. The standard InChI is InChI=1S/C20H16N2O3/c1-2-22(12-14-6-4-3-5-7-14)17-8-15(11-21)18-9-16(13-23)20(24)25-19(18)10-17/h3-10,13H,2,12H2,1H3. The van der Waals surface area contributed by atoms with Crippen LogP contribution < -0.4 is 10.5 Å². The molecule has 0 radical (unpaired) electrons. The normalized spacial score (nSPS) is 10.4. The molecule has 0 aliphatic rings. The Hall–Kier alpha value is -3.39. The SMILES string of the molecule is CCN(Cc1ccccc1)c1cc(C#N)c2cc(C=O)c(=O)oc2c1. The number of benzene rings is 2. The topological polar surface area (TPSA) is 74.3 Å². The summed E-state index contributed by atoms with van der Waals surface area (Å²) in [7, 11) is 0. The van der Waals surface area contributed by atoms with Crippen molar-refractivity contribution in [2.75, 3.05) is 11.4 Å². The molecule has 0 fully saturated rings. The molecule has 124 valence electrons. The minimum absolute atomic E-state index is 0.0895. The summed E-state index contributed by atoms with van der Waals surface area (Å²) in [5, 5.41) is 9.92. The molecule has 0 saturated heterocycles. The second-order valence-corrected chi connectivity index (χ2v) is 5.62. The number of fused-ring (bicyclic) bond motifs is 1. The van der Waals surface area contributed by atoms with Gasteiger partial charge in [-0.1, -0.05) is 30.3 Å². The van der Waals surface area contributed by atoms with E-state index in [4.69, 9.17) is 4.42 Å². The fraction of sp³-hybridized carbons (Fsp3) is 0.150. The van der Waals surface area contributed by atoms with E-state index < -0.39 is 5.63 Å². The van der Waals surface area contributed by atoms with E-state index in [1.807, 2.05) is 37.3 Å². The van der Waals surface area contributed by atoms with Gasteiger partial charge in [0.05, 0.1) is 11.6 Å². The molecule has 0 saturated carbocycles. The molecule has 0 bridgehead atoms. The lowest BCUT2D eigenvalue weighted by atomic mass is 10.1. The molecule has 0 aliphatic heterocycles. The summed E-state index contributed by atoms with van der Waals surface area (Å²) in [6.07, 6.45) is 0.439. The number of nitrogens with zero attached hydrogens (tertiary/aromatic N) is 2. The van der Waals surface area contributed by atoms with Crippen molar-refractivity contribution in [3.8, 4) is 6.07 Å². The number of carbonyl (C=O) groups is 1. The smallest absolute Gasteiger partial charge is 0.346 e. The van der Waals surface area contributed by atoms with Gasteiger partial charge in [-0.2, -0.15) is 5.26 Å². The third-order valence-electron chi connectivity index (χ3n) is 4.08. The molecule has 0 unspecified atom stereocenters. The molecule has 5 nitrogen and oxygen atoms in total. The molecule has 3 aromatic rings. The zero-order chi connectivity index (χ0) is 17.8. The van der Waals surface area contributed by atoms with Crippen LogP contribution in [0.2, 0.25) is 0 Å². The molecule has 0 amide bonds. The second-order valence-electron chi connectivity index (χ2n) is 5.62. The minimum atomic E-state index is -0.699. The van der Waals surface area contributed by atoms with E-state index in [2.05, 4.69) is 11.0 Å². The Morgan fingerprint density at radius 3 is 2.60 bits per heavy atom. The van der Waals surface area contributed by atoms with Crippen LogP contribution in [0.15, 0.2) is 57.7 Å². The predicted octanol–water partition coefficient (Wildman–Crippen LogP) is 3.50. The summed E-state index contributed by atoms with van der Waals surface area (Å²) < 4.78 is 5.25. The van der Waals surface area contributed by atoms with Crippen molar-refractivity contribution in [3.05, 3.63) is 75.6 Å². The van der Waals surface area contributed by atoms with Crippen LogP contribution in [-0.4, -0.2) is 12.8 Å². The molecule has 1 heterocycles. The van der Waals surface area contributed by atoms with Crippen molar-refractivity contribution in [1.29, 1.82) is 5.26 Å². The Morgan fingerprint density at radius 2 is 1.96 bits per heavy atom. The Balaban J connectivity index is 2.11. The Morgan fingerprint density at radius 1 is 1.20 bits per heavy atom. The van der Waals surface area contributed by atoms with Crippen LogP contribution in [0.3, 0.4) is 0 Å². The Kier molecular flexibility index (Phi) is 4.62. The molecule has 0 aliphatic carbocycles. The number of nitriles is 1. The van der Waals surface area contributed by atoms with E-state index in [1.54, 1.807) is 12.1 Å². The number of hydrogen-bond donors (Lipinski definition) is 0. The van der Waals surface area contributed by atoms with Crippen molar-refractivity contribution in [2.45, 2.75) is 13.5 Å². The van der Waals surface area contributed by atoms with E-state index in [1.165, 1.54) is 6.07 Å². The highest BCUT2D eigenvalue weighted by Gasteiger charge is 2.13. The van der Waals surface area contributed by atoms with Crippen LogP contribution in [0, 0.1) is 11.3 Å². The maximum absolute atomic E-state index is 11.8. The number of carbonyl (C=O) groups excluding carboxylic acids is 1. The largest absolute Gasteiger partial charge is 0.422 e. The van der Waals surface area contributed by atoms with Crippen LogP contribution in [0.4, 0.5) is 5.69 Å². The first kappa shape index (κ1) is 16.5. The molecule has 0 atom stereocenters. The van der Waals surface area contributed by atoms with E-state index in [9.17, 15) is 14.9 Å². The zero-order valence-electron chi connectivity index (χ0n) is 13.7. The van der Waals surface area contributed by atoms with Gasteiger partial charge in [0.1, 0.15) is 11.1 Å². The van der Waals surface area contributed by atoms with Crippen molar-refractivity contribution >= 4 is 22.9 Å². The third-order valence-corrected chi connectivity index (χ3v) is 4.08. The highest BCUT2D eigenvalue weighted by Crippen LogP contribution is 2.27. The maximum atomic E-state index is 11.8. The number of rotatable bonds is 5. The Labute approximate surface area is 144 Å². The van der Waals surface area contributed by atoms with Crippen molar-refractivity contribution in [3.63, 3.8) is 0 Å². The summed E-state index contributed by atoms with van der Waals surface area (Å²) in [4.78, 5) is 24.8. The first-order chi connectivity index (χ1) is 12.2. The molecule has 3 rings (SSSR count). The van der Waals surface area contributed by atoms with Crippen LogP contribution >= 0.6 is 0 Å². The van der Waals surface area contributed by atoms with Crippen LogP contribution in [0.25, 0.3) is 11.0 Å². The van der Waals surface area contributed by atoms with Gasteiger partial charge in [0.15, 0.2) is 6.29 Å². The molecule has 0 spiro atoms. The van der Waals surface area contributed by atoms with Crippen LogP contribution in [0.5, 0.6) is 0 Å². The van der Waals surface area contributed by atoms with Gasteiger partial charge in [-0.15, -0.1) is 0 Å². The van der Waals surface area contributed by atoms with E-state index >= 15 is 0 Å². The van der Waals surface area contributed by atoms with E-state index in [0.29, 0.717) is 29.4 Å². The lowest BCUT2D eigenvalue weighted by Crippen LogP contribution is -2.22. The Bertz CT molecular complexity index is 1020. The fourth-order valence-corrected chi connectivity index (χ4v) is 2.77. The summed E-state index contributed by atoms with van der Waals surface area (Å²) in [6.45, 7) is 3.41. The molecule has 0 N–H and O–H groups in total. The van der Waals surface area contributed by atoms with Gasteiger partial charge in [0, 0.05) is 30.2 Å². The summed E-state index contributed by atoms with van der Waals surface area (Å²) in [5.74, 6) is 0. The predicted molar refractivity (Wildman–Crippen MR) is 95.8 cm³/mol. The lowest BCUT2D eigenvalue weighted by Gasteiger charge is -2.23. The average Bonchev–Trinajstić information content (AvgIpc) is 2.65. The zero-order valence-corrected chi connectivity index (χ0v) is 13.7. The molecular weight excluding hydrogens is 316 g/mol. The van der Waals surface area contributed by atoms with Crippen LogP contribution in [-0.2, 0) is 6.54 Å². The van der Waals surface area contributed by atoms with Gasteiger partial charge in [0.2, 0.25) is 0 Å². The van der Waals surface area contributed by atoms with Gasteiger partial charge in [0.25, 0.3) is 0 Å². The van der Waals surface area contributed by atoms with Crippen molar-refractivity contribution in [2.24, 2.45) is 0 Å². The third kappa shape index (κ3) is 3.29. The number of aldehydes is 1. The highest BCUT2D eigenvalue weighted by molar-refractivity contribution is 5.90.